The van der Waals surface area contributed by atoms with Crippen LogP contribution in [0.1, 0.15) is 27.2 Å². The molecule has 1 saturated heterocycles. The summed E-state index contributed by atoms with van der Waals surface area (Å²) in [5.74, 6) is 1.60. The molecule has 1 fully saturated rings. The largest absolute Gasteiger partial charge is 0.378 e. The first-order valence-corrected chi connectivity index (χ1v) is 3.83. The normalized spacial score (nSPS) is 45.0. The summed E-state index contributed by atoms with van der Waals surface area (Å²) in [4.78, 5) is 0. The topological polar surface area (TPSA) is 9.23 Å². The minimum atomic E-state index is 0.480. The number of hydrogen-bond acceptors (Lipinski definition) is 1. The maximum Gasteiger partial charge on any atom is 0.0575 e. The van der Waals surface area contributed by atoms with Gasteiger partial charge in [-0.15, -0.1) is 0 Å². The van der Waals surface area contributed by atoms with E-state index in [0.29, 0.717) is 6.10 Å². The second-order valence-electron chi connectivity index (χ2n) is 3.20. The van der Waals surface area contributed by atoms with Crippen molar-refractivity contribution in [3.8, 4) is 0 Å². The number of rotatable bonds is 0. The van der Waals surface area contributed by atoms with Crippen LogP contribution in [0.2, 0.25) is 0 Å². The maximum absolute atomic E-state index is 5.46. The van der Waals surface area contributed by atoms with Crippen molar-refractivity contribution < 1.29 is 4.74 Å². The van der Waals surface area contributed by atoms with Crippen molar-refractivity contribution in [2.75, 3.05) is 6.61 Å². The molecule has 0 amide bonds. The van der Waals surface area contributed by atoms with Gasteiger partial charge in [0.15, 0.2) is 0 Å². The fourth-order valence-corrected chi connectivity index (χ4v) is 1.32. The Morgan fingerprint density at radius 1 is 1.22 bits per heavy atom. The molecule has 0 aromatic heterocycles. The summed E-state index contributed by atoms with van der Waals surface area (Å²) in [6.07, 6.45) is 1.72. The lowest BCUT2D eigenvalue weighted by Gasteiger charge is -2.31. The molecule has 1 aliphatic rings. The molecule has 0 N–H and O–H groups in total. The summed E-state index contributed by atoms with van der Waals surface area (Å²) in [5, 5.41) is 0. The summed E-state index contributed by atoms with van der Waals surface area (Å²) in [7, 11) is 0. The van der Waals surface area contributed by atoms with E-state index in [4.69, 9.17) is 4.74 Å². The molecule has 3 atom stereocenters. The van der Waals surface area contributed by atoms with Gasteiger partial charge in [-0.2, -0.15) is 0 Å². The maximum atomic E-state index is 5.46. The summed E-state index contributed by atoms with van der Waals surface area (Å²) in [5.41, 5.74) is 0. The summed E-state index contributed by atoms with van der Waals surface area (Å²) in [6, 6.07) is 0. The molecule has 3 unspecified atom stereocenters. The lowest BCUT2D eigenvalue weighted by Crippen LogP contribution is -2.30. The van der Waals surface area contributed by atoms with Crippen LogP contribution in [0.4, 0.5) is 0 Å². The fourth-order valence-electron chi connectivity index (χ4n) is 1.32. The van der Waals surface area contributed by atoms with Crippen molar-refractivity contribution in [1.29, 1.82) is 0 Å². The van der Waals surface area contributed by atoms with Gasteiger partial charge >= 0.3 is 0 Å². The zero-order valence-electron chi connectivity index (χ0n) is 6.55. The van der Waals surface area contributed by atoms with Gasteiger partial charge in [0, 0.05) is 6.61 Å². The van der Waals surface area contributed by atoms with Crippen LogP contribution in [0.3, 0.4) is 0 Å². The Labute approximate surface area is 57.4 Å². The highest BCUT2D eigenvalue weighted by Gasteiger charge is 2.23. The molecule has 0 spiro atoms. The van der Waals surface area contributed by atoms with Crippen molar-refractivity contribution in [3.63, 3.8) is 0 Å². The molecular formula is C8H16O. The Balaban J connectivity index is 2.41. The average molecular weight is 128 g/mol. The third-order valence-corrected chi connectivity index (χ3v) is 2.59. The molecule has 1 nitrogen and oxygen atoms in total. The zero-order valence-corrected chi connectivity index (χ0v) is 6.55. The summed E-state index contributed by atoms with van der Waals surface area (Å²) >= 11 is 0. The average Bonchev–Trinajstić information content (AvgIpc) is 1.83. The van der Waals surface area contributed by atoms with E-state index in [0.717, 1.165) is 18.4 Å². The van der Waals surface area contributed by atoms with Gasteiger partial charge in [-0.25, -0.2) is 0 Å². The monoisotopic (exact) mass is 128 g/mol. The van der Waals surface area contributed by atoms with E-state index in [9.17, 15) is 0 Å². The van der Waals surface area contributed by atoms with Gasteiger partial charge < -0.3 is 4.74 Å². The van der Waals surface area contributed by atoms with Crippen LogP contribution in [0.5, 0.6) is 0 Å². The minimum Gasteiger partial charge on any atom is -0.378 e. The molecule has 1 heteroatoms. The molecule has 0 bridgehead atoms. The molecule has 0 aliphatic carbocycles. The molecule has 0 saturated carbocycles. The third kappa shape index (κ3) is 1.45. The van der Waals surface area contributed by atoms with Gasteiger partial charge in [0.2, 0.25) is 0 Å². The van der Waals surface area contributed by atoms with Crippen LogP contribution in [0.15, 0.2) is 0 Å². The summed E-state index contributed by atoms with van der Waals surface area (Å²) in [6.45, 7) is 7.71. The fraction of sp³-hybridized carbons (Fsp3) is 1.00. The van der Waals surface area contributed by atoms with Gasteiger partial charge in [-0.3, -0.25) is 0 Å². The van der Waals surface area contributed by atoms with E-state index in [1.165, 1.54) is 6.42 Å². The van der Waals surface area contributed by atoms with Crippen LogP contribution in [0, 0.1) is 11.8 Å². The Bertz CT molecular complexity index is 80.6. The van der Waals surface area contributed by atoms with Crippen molar-refractivity contribution >= 4 is 0 Å². The highest BCUT2D eigenvalue weighted by atomic mass is 16.5. The molecular weight excluding hydrogens is 112 g/mol. The first-order chi connectivity index (χ1) is 4.22. The zero-order chi connectivity index (χ0) is 6.85. The Morgan fingerprint density at radius 2 is 1.89 bits per heavy atom. The minimum absolute atomic E-state index is 0.480. The van der Waals surface area contributed by atoms with E-state index >= 15 is 0 Å². The SMILES string of the molecule is CC1CCOC(C)C1C. The molecule has 1 rings (SSSR count). The van der Waals surface area contributed by atoms with Gasteiger partial charge in [0.25, 0.3) is 0 Å². The molecule has 9 heavy (non-hydrogen) atoms. The van der Waals surface area contributed by atoms with Crippen molar-refractivity contribution in [3.05, 3.63) is 0 Å². The number of hydrogen-bond donors (Lipinski definition) is 0. The van der Waals surface area contributed by atoms with Gasteiger partial charge in [-0.1, -0.05) is 13.8 Å². The van der Waals surface area contributed by atoms with E-state index in [2.05, 4.69) is 20.8 Å². The second kappa shape index (κ2) is 2.70. The molecule has 1 aliphatic heterocycles. The second-order valence-corrected chi connectivity index (χ2v) is 3.20. The predicted molar refractivity (Wildman–Crippen MR) is 38.4 cm³/mol. The van der Waals surface area contributed by atoms with Gasteiger partial charge in [-0.05, 0) is 25.2 Å². The van der Waals surface area contributed by atoms with Crippen LogP contribution >= 0.6 is 0 Å². The van der Waals surface area contributed by atoms with Crippen LogP contribution in [-0.4, -0.2) is 12.7 Å². The van der Waals surface area contributed by atoms with Crippen LogP contribution < -0.4 is 0 Å². The van der Waals surface area contributed by atoms with Crippen molar-refractivity contribution in [1.82, 2.24) is 0 Å². The Kier molecular flexibility index (Phi) is 2.12. The Morgan fingerprint density at radius 3 is 2.33 bits per heavy atom. The van der Waals surface area contributed by atoms with E-state index < -0.39 is 0 Å². The van der Waals surface area contributed by atoms with Crippen molar-refractivity contribution in [2.24, 2.45) is 11.8 Å². The first kappa shape index (κ1) is 7.07. The molecule has 0 aromatic rings. The predicted octanol–water partition coefficient (Wildman–Crippen LogP) is 2.07. The highest BCUT2D eigenvalue weighted by molar-refractivity contribution is 4.72. The van der Waals surface area contributed by atoms with E-state index in [1.54, 1.807) is 0 Å². The van der Waals surface area contributed by atoms with E-state index in [1.807, 2.05) is 0 Å². The lowest BCUT2D eigenvalue weighted by atomic mass is 9.87. The molecule has 1 heterocycles. The standard InChI is InChI=1S/C8H16O/c1-6-4-5-9-8(3)7(6)2/h6-8H,4-5H2,1-3H3. The quantitative estimate of drug-likeness (QED) is 0.485. The van der Waals surface area contributed by atoms with Gasteiger partial charge in [0.05, 0.1) is 6.10 Å². The van der Waals surface area contributed by atoms with E-state index in [-0.39, 0.29) is 0 Å². The lowest BCUT2D eigenvalue weighted by molar-refractivity contribution is -0.0345. The smallest absolute Gasteiger partial charge is 0.0575 e. The van der Waals surface area contributed by atoms with Crippen LogP contribution in [-0.2, 0) is 4.74 Å². The molecule has 54 valence electrons. The highest BCUT2D eigenvalue weighted by Crippen LogP contribution is 2.25. The molecule has 0 aromatic carbocycles. The van der Waals surface area contributed by atoms with Crippen molar-refractivity contribution in [2.45, 2.75) is 33.3 Å². The van der Waals surface area contributed by atoms with Gasteiger partial charge in [0.1, 0.15) is 0 Å². The Hall–Kier alpha value is -0.0400. The third-order valence-electron chi connectivity index (χ3n) is 2.59. The first-order valence-electron chi connectivity index (χ1n) is 3.83. The summed E-state index contributed by atoms with van der Waals surface area (Å²) < 4.78 is 5.46. The van der Waals surface area contributed by atoms with Crippen LogP contribution in [0.25, 0.3) is 0 Å². The molecule has 0 radical (unpaired) electrons. The number of ether oxygens (including phenoxy) is 1.